The Morgan fingerprint density at radius 1 is 1.00 bits per heavy atom. The standard InChI is InChI=1S/C28H34O2/c1-30-27-11-10-20(6-5-9-25(19-29)24-7-3-2-4-8-24)15-26(27)28-16-21-12-22(17-28)14-23(13-21)18-28/h2-4,7-11,15,21-23,29H,5-6,12-14,16-19H2,1H3/b25-9+. The van der Waals surface area contributed by atoms with Crippen LogP contribution < -0.4 is 4.74 Å². The van der Waals surface area contributed by atoms with Crippen molar-refractivity contribution in [3.63, 3.8) is 0 Å². The maximum Gasteiger partial charge on any atom is 0.122 e. The third-order valence-corrected chi connectivity index (χ3v) is 8.01. The molecule has 2 nitrogen and oxygen atoms in total. The highest BCUT2D eigenvalue weighted by Crippen LogP contribution is 2.61. The number of rotatable bonds is 7. The number of benzene rings is 2. The average molecular weight is 403 g/mol. The van der Waals surface area contributed by atoms with Gasteiger partial charge in [0.15, 0.2) is 0 Å². The predicted molar refractivity (Wildman–Crippen MR) is 123 cm³/mol. The van der Waals surface area contributed by atoms with Crippen LogP contribution >= 0.6 is 0 Å². The molecule has 2 aromatic rings. The Bertz CT molecular complexity index is 876. The molecule has 4 saturated carbocycles. The summed E-state index contributed by atoms with van der Waals surface area (Å²) in [6.45, 7) is 0.0884. The van der Waals surface area contributed by atoms with Gasteiger partial charge in [-0.2, -0.15) is 0 Å². The van der Waals surface area contributed by atoms with Gasteiger partial charge in [-0.05, 0) is 97.3 Å². The van der Waals surface area contributed by atoms with Crippen molar-refractivity contribution >= 4 is 5.57 Å². The number of methoxy groups -OCH3 is 1. The van der Waals surface area contributed by atoms with E-state index in [2.05, 4.69) is 36.4 Å². The molecule has 4 aliphatic rings. The average Bonchev–Trinajstić information content (AvgIpc) is 2.76. The lowest BCUT2D eigenvalue weighted by atomic mass is 9.48. The molecule has 0 amide bonds. The van der Waals surface area contributed by atoms with Gasteiger partial charge in [0.25, 0.3) is 0 Å². The van der Waals surface area contributed by atoms with Crippen molar-refractivity contribution < 1.29 is 9.84 Å². The van der Waals surface area contributed by atoms with E-state index in [1.54, 1.807) is 0 Å². The summed E-state index contributed by atoms with van der Waals surface area (Å²) in [5.41, 5.74) is 5.36. The zero-order valence-electron chi connectivity index (χ0n) is 18.1. The largest absolute Gasteiger partial charge is 0.496 e. The Balaban J connectivity index is 1.37. The molecule has 0 saturated heterocycles. The molecule has 6 rings (SSSR count). The number of allylic oxidation sites excluding steroid dienone is 1. The van der Waals surface area contributed by atoms with Crippen LogP contribution in [0.4, 0.5) is 0 Å². The van der Waals surface area contributed by atoms with E-state index in [0.29, 0.717) is 5.41 Å². The summed E-state index contributed by atoms with van der Waals surface area (Å²) in [5, 5.41) is 9.80. The molecule has 4 bridgehead atoms. The fraction of sp³-hybridized carbons (Fsp3) is 0.500. The number of aliphatic hydroxyl groups excluding tert-OH is 1. The lowest BCUT2D eigenvalue weighted by molar-refractivity contribution is -0.00618. The topological polar surface area (TPSA) is 29.5 Å². The maximum atomic E-state index is 9.80. The van der Waals surface area contributed by atoms with Crippen LogP contribution in [0.15, 0.2) is 54.6 Å². The molecule has 0 unspecified atom stereocenters. The highest BCUT2D eigenvalue weighted by atomic mass is 16.5. The minimum atomic E-state index is 0.0884. The second kappa shape index (κ2) is 8.23. The molecule has 30 heavy (non-hydrogen) atoms. The first-order valence-electron chi connectivity index (χ1n) is 11.7. The molecule has 2 aromatic carbocycles. The fourth-order valence-electron chi connectivity index (χ4n) is 7.10. The van der Waals surface area contributed by atoms with E-state index in [4.69, 9.17) is 4.74 Å². The Morgan fingerprint density at radius 2 is 1.67 bits per heavy atom. The molecular weight excluding hydrogens is 368 g/mol. The van der Waals surface area contributed by atoms with E-state index in [9.17, 15) is 5.11 Å². The van der Waals surface area contributed by atoms with Crippen molar-refractivity contribution in [1.82, 2.24) is 0 Å². The van der Waals surface area contributed by atoms with Crippen LogP contribution in [0.1, 0.15) is 61.6 Å². The first-order chi connectivity index (χ1) is 14.7. The van der Waals surface area contributed by atoms with Crippen LogP contribution in [-0.4, -0.2) is 18.8 Å². The normalized spacial score (nSPS) is 29.9. The van der Waals surface area contributed by atoms with Crippen molar-refractivity contribution in [3.8, 4) is 5.75 Å². The SMILES string of the molecule is COc1ccc(CC/C=C(\CO)c2ccccc2)cc1C12CC3CC(CC(C3)C1)C2. The molecule has 0 radical (unpaired) electrons. The molecule has 0 atom stereocenters. The van der Waals surface area contributed by atoms with Crippen molar-refractivity contribution in [2.45, 2.75) is 56.8 Å². The number of hydrogen-bond donors (Lipinski definition) is 1. The molecular formula is C28H34O2. The van der Waals surface area contributed by atoms with Gasteiger partial charge in [0.05, 0.1) is 13.7 Å². The van der Waals surface area contributed by atoms with Crippen molar-refractivity contribution in [3.05, 3.63) is 71.3 Å². The summed E-state index contributed by atoms with van der Waals surface area (Å²) in [5.74, 6) is 3.90. The highest BCUT2D eigenvalue weighted by molar-refractivity contribution is 5.66. The number of hydrogen-bond acceptors (Lipinski definition) is 2. The van der Waals surface area contributed by atoms with Gasteiger partial charge in [0.1, 0.15) is 5.75 Å². The summed E-state index contributed by atoms with van der Waals surface area (Å²) >= 11 is 0. The van der Waals surface area contributed by atoms with Gasteiger partial charge in [-0.25, -0.2) is 0 Å². The van der Waals surface area contributed by atoms with Gasteiger partial charge >= 0.3 is 0 Å². The predicted octanol–water partition coefficient (Wildman–Crippen LogP) is 6.17. The Hall–Kier alpha value is -2.06. The summed E-state index contributed by atoms with van der Waals surface area (Å²) < 4.78 is 5.86. The van der Waals surface area contributed by atoms with E-state index in [0.717, 1.165) is 47.5 Å². The van der Waals surface area contributed by atoms with E-state index in [1.165, 1.54) is 49.7 Å². The highest BCUT2D eigenvalue weighted by Gasteiger charge is 2.52. The quantitative estimate of drug-likeness (QED) is 0.600. The van der Waals surface area contributed by atoms with E-state index >= 15 is 0 Å². The summed E-state index contributed by atoms with van der Waals surface area (Å²) in [6, 6.07) is 17.1. The first-order valence-corrected chi connectivity index (χ1v) is 11.7. The van der Waals surface area contributed by atoms with Crippen LogP contribution in [0, 0.1) is 17.8 Å². The minimum Gasteiger partial charge on any atom is -0.496 e. The van der Waals surface area contributed by atoms with Gasteiger partial charge in [0.2, 0.25) is 0 Å². The minimum absolute atomic E-state index is 0.0884. The number of aliphatic hydroxyl groups is 1. The molecule has 2 heteroatoms. The Labute approximate surface area is 181 Å². The van der Waals surface area contributed by atoms with Crippen molar-refractivity contribution in [2.24, 2.45) is 17.8 Å². The first kappa shape index (κ1) is 19.9. The molecule has 1 N–H and O–H groups in total. The number of aryl methyl sites for hydroxylation is 1. The molecule has 0 aliphatic heterocycles. The van der Waals surface area contributed by atoms with Crippen LogP contribution in [0.2, 0.25) is 0 Å². The van der Waals surface area contributed by atoms with E-state index < -0.39 is 0 Å². The van der Waals surface area contributed by atoms with Crippen molar-refractivity contribution in [1.29, 1.82) is 0 Å². The molecule has 0 aromatic heterocycles. The van der Waals surface area contributed by atoms with Gasteiger partial charge in [0, 0.05) is 5.56 Å². The van der Waals surface area contributed by atoms with Gasteiger partial charge in [-0.3, -0.25) is 0 Å². The zero-order chi connectivity index (χ0) is 20.6. The lowest BCUT2D eigenvalue weighted by Crippen LogP contribution is -2.48. The lowest BCUT2D eigenvalue weighted by Gasteiger charge is -2.57. The van der Waals surface area contributed by atoms with E-state index in [-0.39, 0.29) is 6.61 Å². The van der Waals surface area contributed by atoms with Crippen molar-refractivity contribution in [2.75, 3.05) is 13.7 Å². The molecule has 0 heterocycles. The van der Waals surface area contributed by atoms with E-state index in [1.807, 2.05) is 25.3 Å². The summed E-state index contributed by atoms with van der Waals surface area (Å²) in [7, 11) is 1.83. The maximum absolute atomic E-state index is 9.80. The van der Waals surface area contributed by atoms with Crippen LogP contribution in [0.5, 0.6) is 5.75 Å². The zero-order valence-corrected chi connectivity index (χ0v) is 18.1. The molecule has 0 spiro atoms. The third-order valence-electron chi connectivity index (χ3n) is 8.01. The third kappa shape index (κ3) is 3.71. The second-order valence-corrected chi connectivity index (χ2v) is 10.0. The molecule has 4 fully saturated rings. The monoisotopic (exact) mass is 402 g/mol. The molecule has 158 valence electrons. The van der Waals surface area contributed by atoms with Crippen LogP contribution in [-0.2, 0) is 11.8 Å². The van der Waals surface area contributed by atoms with Crippen LogP contribution in [0.25, 0.3) is 5.57 Å². The number of ether oxygens (including phenoxy) is 1. The summed E-state index contributed by atoms with van der Waals surface area (Å²) in [6.07, 6.45) is 12.6. The summed E-state index contributed by atoms with van der Waals surface area (Å²) in [4.78, 5) is 0. The van der Waals surface area contributed by atoms with Gasteiger partial charge in [-0.1, -0.05) is 48.5 Å². The van der Waals surface area contributed by atoms with Gasteiger partial charge in [-0.15, -0.1) is 0 Å². The molecule has 4 aliphatic carbocycles. The Kier molecular flexibility index (Phi) is 5.45. The Morgan fingerprint density at radius 3 is 2.27 bits per heavy atom. The fourth-order valence-corrected chi connectivity index (χ4v) is 7.10. The van der Waals surface area contributed by atoms with Gasteiger partial charge < -0.3 is 9.84 Å². The smallest absolute Gasteiger partial charge is 0.122 e. The second-order valence-electron chi connectivity index (χ2n) is 10.0. The van der Waals surface area contributed by atoms with Crippen LogP contribution in [0.3, 0.4) is 0 Å².